The third-order valence-electron chi connectivity index (χ3n) is 4.85. The van der Waals surface area contributed by atoms with E-state index in [0.29, 0.717) is 29.7 Å². The number of halogens is 2. The molecule has 1 saturated heterocycles. The molecular formula is C20H20Cl2N4O2. The molecule has 3 aromatic rings. The molecule has 2 unspecified atom stereocenters. The van der Waals surface area contributed by atoms with Crippen LogP contribution in [0.5, 0.6) is 0 Å². The zero-order valence-corrected chi connectivity index (χ0v) is 16.8. The van der Waals surface area contributed by atoms with Gasteiger partial charge in [-0.25, -0.2) is 4.98 Å². The lowest BCUT2D eigenvalue weighted by atomic mass is 10.1. The Labute approximate surface area is 173 Å². The Kier molecular flexibility index (Phi) is 5.55. The zero-order valence-electron chi connectivity index (χ0n) is 15.3. The van der Waals surface area contributed by atoms with Gasteiger partial charge in [0.1, 0.15) is 11.8 Å². The van der Waals surface area contributed by atoms with Gasteiger partial charge in [-0.1, -0.05) is 29.3 Å². The summed E-state index contributed by atoms with van der Waals surface area (Å²) in [6, 6.07) is 9.40. The van der Waals surface area contributed by atoms with Crippen molar-refractivity contribution in [2.24, 2.45) is 0 Å². The fourth-order valence-corrected chi connectivity index (χ4v) is 4.06. The van der Waals surface area contributed by atoms with Crippen LogP contribution in [-0.2, 0) is 9.53 Å². The highest BCUT2D eigenvalue weighted by Crippen LogP contribution is 2.33. The number of imidazole rings is 1. The van der Waals surface area contributed by atoms with Gasteiger partial charge >= 0.3 is 0 Å². The van der Waals surface area contributed by atoms with Crippen molar-refractivity contribution in [2.75, 3.05) is 19.7 Å². The van der Waals surface area contributed by atoms with Crippen molar-refractivity contribution in [2.45, 2.75) is 19.2 Å². The van der Waals surface area contributed by atoms with Crippen molar-refractivity contribution in [3.63, 3.8) is 0 Å². The number of hydrogen-bond donors (Lipinski definition) is 1. The Balaban J connectivity index is 1.63. The highest BCUT2D eigenvalue weighted by Gasteiger charge is 2.30. The predicted octanol–water partition coefficient (Wildman–Crippen LogP) is 3.85. The summed E-state index contributed by atoms with van der Waals surface area (Å²) in [6.45, 7) is 3.33. The zero-order chi connectivity index (χ0) is 19.7. The van der Waals surface area contributed by atoms with E-state index in [4.69, 9.17) is 27.9 Å². The third kappa shape index (κ3) is 4.00. The van der Waals surface area contributed by atoms with Gasteiger partial charge in [0.25, 0.3) is 0 Å². The summed E-state index contributed by atoms with van der Waals surface area (Å²) < 4.78 is 7.90. The van der Waals surface area contributed by atoms with Gasteiger partial charge in [0.15, 0.2) is 0 Å². The van der Waals surface area contributed by atoms with Gasteiger partial charge < -0.3 is 14.5 Å². The number of benzene rings is 1. The maximum atomic E-state index is 11.9. The largest absolute Gasteiger partial charge is 0.371 e. The second kappa shape index (κ2) is 8.09. The first-order valence-electron chi connectivity index (χ1n) is 9.01. The number of fused-ring (bicyclic) bond motifs is 1. The molecule has 1 aliphatic rings. The van der Waals surface area contributed by atoms with Crippen LogP contribution >= 0.6 is 23.2 Å². The van der Waals surface area contributed by atoms with Crippen molar-refractivity contribution >= 4 is 34.8 Å². The van der Waals surface area contributed by atoms with Crippen molar-refractivity contribution in [3.05, 3.63) is 70.1 Å². The van der Waals surface area contributed by atoms with Gasteiger partial charge in [0.05, 0.1) is 12.7 Å². The molecule has 8 heteroatoms. The molecule has 146 valence electrons. The van der Waals surface area contributed by atoms with E-state index in [9.17, 15) is 4.79 Å². The number of amides is 1. The minimum absolute atomic E-state index is 0.0965. The number of carbonyl (C=O) groups is 1. The van der Waals surface area contributed by atoms with Crippen LogP contribution in [0.3, 0.4) is 0 Å². The van der Waals surface area contributed by atoms with Crippen LogP contribution in [-0.4, -0.2) is 39.9 Å². The normalized spacial score (nSPS) is 18.9. The van der Waals surface area contributed by atoms with Crippen molar-refractivity contribution in [1.82, 2.24) is 19.6 Å². The first kappa shape index (κ1) is 19.2. The second-order valence-corrected chi connectivity index (χ2v) is 7.62. The van der Waals surface area contributed by atoms with Crippen LogP contribution in [0.2, 0.25) is 10.0 Å². The molecule has 3 heterocycles. The summed E-state index contributed by atoms with van der Waals surface area (Å²) in [4.78, 5) is 18.4. The third-order valence-corrected chi connectivity index (χ3v) is 5.41. The highest BCUT2D eigenvalue weighted by molar-refractivity contribution is 6.35. The van der Waals surface area contributed by atoms with Gasteiger partial charge in [-0.05, 0) is 29.8 Å². The molecule has 2 aromatic heterocycles. The SMILES string of the molecule is CC(=O)NC(c1ccn2ccnc2c1)N1CCOC(c2ccc(Cl)cc2Cl)C1. The number of hydrogen-bond acceptors (Lipinski definition) is 4. The molecule has 6 nitrogen and oxygen atoms in total. The standard InChI is InChI=1S/C20H20Cl2N4O2/c1-13(27)24-20(14-4-6-25-7-5-23-19(25)10-14)26-8-9-28-18(12-26)16-3-2-15(21)11-17(16)22/h2-7,10-11,18,20H,8-9,12H2,1H3,(H,24,27). The number of nitrogens with zero attached hydrogens (tertiary/aromatic N) is 3. The fraction of sp³-hybridized carbons (Fsp3) is 0.300. The van der Waals surface area contributed by atoms with Crippen LogP contribution in [0.25, 0.3) is 5.65 Å². The molecule has 0 bridgehead atoms. The average Bonchev–Trinajstić information content (AvgIpc) is 3.14. The van der Waals surface area contributed by atoms with Gasteiger partial charge in [-0.2, -0.15) is 0 Å². The Hall–Kier alpha value is -2.12. The molecule has 1 fully saturated rings. The van der Waals surface area contributed by atoms with E-state index < -0.39 is 0 Å². The van der Waals surface area contributed by atoms with Crippen LogP contribution in [0, 0.1) is 0 Å². The lowest BCUT2D eigenvalue weighted by molar-refractivity contribution is -0.122. The molecule has 1 aromatic carbocycles. The van der Waals surface area contributed by atoms with E-state index in [0.717, 1.165) is 16.8 Å². The van der Waals surface area contributed by atoms with E-state index >= 15 is 0 Å². The van der Waals surface area contributed by atoms with Crippen LogP contribution in [0.1, 0.15) is 30.3 Å². The summed E-state index contributed by atoms with van der Waals surface area (Å²) >= 11 is 12.4. The molecule has 4 rings (SSSR count). The Morgan fingerprint density at radius 3 is 2.93 bits per heavy atom. The highest BCUT2D eigenvalue weighted by atomic mass is 35.5. The Bertz CT molecular complexity index is 1010. The first-order valence-corrected chi connectivity index (χ1v) is 9.77. The topological polar surface area (TPSA) is 58.9 Å². The van der Waals surface area contributed by atoms with Gasteiger partial charge in [0, 0.05) is 54.2 Å². The number of pyridine rings is 1. The first-order chi connectivity index (χ1) is 13.5. The summed E-state index contributed by atoms with van der Waals surface area (Å²) in [5, 5.41) is 4.23. The van der Waals surface area contributed by atoms with Crippen LogP contribution in [0.15, 0.2) is 48.9 Å². The summed E-state index contributed by atoms with van der Waals surface area (Å²) in [5.74, 6) is -0.0965. The summed E-state index contributed by atoms with van der Waals surface area (Å²) in [6.07, 6.45) is 5.10. The summed E-state index contributed by atoms with van der Waals surface area (Å²) in [5.41, 5.74) is 2.69. The maximum absolute atomic E-state index is 11.9. The molecule has 1 N–H and O–H groups in total. The minimum Gasteiger partial charge on any atom is -0.371 e. The molecule has 0 saturated carbocycles. The van der Waals surface area contributed by atoms with Crippen LogP contribution < -0.4 is 5.32 Å². The molecule has 1 aliphatic heterocycles. The molecule has 1 amide bonds. The van der Waals surface area contributed by atoms with E-state index in [1.807, 2.05) is 41.1 Å². The molecule has 2 atom stereocenters. The number of ether oxygens (including phenoxy) is 1. The Morgan fingerprint density at radius 1 is 1.29 bits per heavy atom. The van der Waals surface area contributed by atoms with Gasteiger partial charge in [0.2, 0.25) is 5.91 Å². The Morgan fingerprint density at radius 2 is 2.14 bits per heavy atom. The number of carbonyl (C=O) groups excluding carboxylic acids is 1. The second-order valence-electron chi connectivity index (χ2n) is 6.78. The monoisotopic (exact) mass is 418 g/mol. The predicted molar refractivity (Wildman–Crippen MR) is 108 cm³/mol. The molecule has 0 spiro atoms. The average molecular weight is 419 g/mol. The molecule has 0 aliphatic carbocycles. The molecular weight excluding hydrogens is 399 g/mol. The molecule has 0 radical (unpaired) electrons. The van der Waals surface area contributed by atoms with E-state index in [2.05, 4.69) is 15.2 Å². The smallest absolute Gasteiger partial charge is 0.218 e. The molecule has 28 heavy (non-hydrogen) atoms. The van der Waals surface area contributed by atoms with Gasteiger partial charge in [-0.15, -0.1) is 0 Å². The summed E-state index contributed by atoms with van der Waals surface area (Å²) in [7, 11) is 0. The number of morpholine rings is 1. The number of rotatable bonds is 4. The lowest BCUT2D eigenvalue weighted by Gasteiger charge is -2.39. The van der Waals surface area contributed by atoms with Crippen molar-refractivity contribution < 1.29 is 9.53 Å². The van der Waals surface area contributed by atoms with Crippen LogP contribution in [0.4, 0.5) is 0 Å². The van der Waals surface area contributed by atoms with E-state index in [1.165, 1.54) is 6.92 Å². The minimum atomic E-state index is -0.281. The fourth-order valence-electron chi connectivity index (χ4n) is 3.53. The quantitative estimate of drug-likeness (QED) is 0.698. The van der Waals surface area contributed by atoms with E-state index in [1.54, 1.807) is 12.3 Å². The van der Waals surface area contributed by atoms with Crippen molar-refractivity contribution in [1.29, 1.82) is 0 Å². The number of aromatic nitrogens is 2. The number of nitrogens with one attached hydrogen (secondary N) is 1. The van der Waals surface area contributed by atoms with Crippen molar-refractivity contribution in [3.8, 4) is 0 Å². The maximum Gasteiger partial charge on any atom is 0.218 e. The van der Waals surface area contributed by atoms with Gasteiger partial charge in [-0.3, -0.25) is 9.69 Å². The lowest BCUT2D eigenvalue weighted by Crippen LogP contribution is -2.47. The van der Waals surface area contributed by atoms with E-state index in [-0.39, 0.29) is 18.2 Å².